The number of benzene rings is 4. The van der Waals surface area contributed by atoms with E-state index in [1.54, 1.807) is 7.11 Å². The van der Waals surface area contributed by atoms with Gasteiger partial charge in [-0.3, -0.25) is 0 Å². The summed E-state index contributed by atoms with van der Waals surface area (Å²) in [6.07, 6.45) is 0.0650. The predicted octanol–water partition coefficient (Wildman–Crippen LogP) is 7.56. The highest BCUT2D eigenvalue weighted by molar-refractivity contribution is 9.10. The molecule has 0 saturated heterocycles. The van der Waals surface area contributed by atoms with E-state index in [1.807, 2.05) is 80.6 Å². The molecule has 35 heavy (non-hydrogen) atoms. The third-order valence-electron chi connectivity index (χ3n) is 5.44. The average Bonchev–Trinajstić information content (AvgIpc) is 2.86. The molecular weight excluding hydrogens is 506 g/mol. The Kier molecular flexibility index (Phi) is 8.50. The fraction of sp³-hybridized carbons (Fsp3) is 0.241. The van der Waals surface area contributed by atoms with Crippen molar-refractivity contribution in [3.05, 3.63) is 94.5 Å². The highest BCUT2D eigenvalue weighted by atomic mass is 79.9. The summed E-state index contributed by atoms with van der Waals surface area (Å²) in [6.45, 7) is 5.27. The standard InChI is InChI=1S/C29H30BrNO4/c1-20(2)35-29-14-22-10-7-11-26(25(22)16-28(29)32-3)31-17-23-12-13-24(30)15-27(23)34-19-33-18-21-8-5-4-6-9-21/h4-16,20,31H,17-19H2,1-3H3. The highest BCUT2D eigenvalue weighted by Crippen LogP contribution is 2.36. The van der Waals surface area contributed by atoms with Crippen LogP contribution in [0.3, 0.4) is 0 Å². The minimum atomic E-state index is 0.0650. The summed E-state index contributed by atoms with van der Waals surface area (Å²) in [4.78, 5) is 0. The van der Waals surface area contributed by atoms with Gasteiger partial charge in [0.05, 0.1) is 19.8 Å². The van der Waals surface area contributed by atoms with Crippen molar-refractivity contribution in [3.8, 4) is 17.2 Å². The fourth-order valence-electron chi connectivity index (χ4n) is 3.78. The van der Waals surface area contributed by atoms with Gasteiger partial charge in [0.25, 0.3) is 0 Å². The number of anilines is 1. The average molecular weight is 536 g/mol. The topological polar surface area (TPSA) is 49.0 Å². The molecule has 0 radical (unpaired) electrons. The van der Waals surface area contributed by atoms with E-state index < -0.39 is 0 Å². The van der Waals surface area contributed by atoms with Gasteiger partial charge < -0.3 is 24.3 Å². The second kappa shape index (κ2) is 12.0. The summed E-state index contributed by atoms with van der Waals surface area (Å²) >= 11 is 3.54. The Balaban J connectivity index is 1.47. The van der Waals surface area contributed by atoms with Crippen LogP contribution in [-0.4, -0.2) is 20.0 Å². The molecule has 0 aliphatic rings. The van der Waals surface area contributed by atoms with Crippen molar-refractivity contribution in [3.63, 3.8) is 0 Å². The molecule has 0 fully saturated rings. The maximum Gasteiger partial charge on any atom is 0.189 e. The molecule has 0 atom stereocenters. The molecule has 0 amide bonds. The normalized spacial score (nSPS) is 11.0. The molecule has 0 unspecified atom stereocenters. The Morgan fingerprint density at radius 1 is 0.857 bits per heavy atom. The van der Waals surface area contributed by atoms with Crippen LogP contribution in [0.1, 0.15) is 25.0 Å². The fourth-order valence-corrected chi connectivity index (χ4v) is 4.12. The van der Waals surface area contributed by atoms with Crippen molar-refractivity contribution in [1.29, 1.82) is 0 Å². The van der Waals surface area contributed by atoms with Crippen LogP contribution < -0.4 is 19.5 Å². The van der Waals surface area contributed by atoms with Gasteiger partial charge in [-0.15, -0.1) is 0 Å². The molecular formula is C29H30BrNO4. The summed E-state index contributed by atoms with van der Waals surface area (Å²) in [5, 5.41) is 5.70. The van der Waals surface area contributed by atoms with Gasteiger partial charge in [0.2, 0.25) is 0 Å². The summed E-state index contributed by atoms with van der Waals surface area (Å²) in [7, 11) is 1.66. The Hall–Kier alpha value is -3.22. The highest BCUT2D eigenvalue weighted by Gasteiger charge is 2.12. The molecule has 4 rings (SSSR count). The molecule has 4 aromatic carbocycles. The minimum Gasteiger partial charge on any atom is -0.493 e. The first-order chi connectivity index (χ1) is 17.0. The lowest BCUT2D eigenvalue weighted by molar-refractivity contribution is 0.00455. The molecule has 0 aromatic heterocycles. The lowest BCUT2D eigenvalue weighted by Gasteiger charge is -2.17. The van der Waals surface area contributed by atoms with Crippen molar-refractivity contribution in [2.24, 2.45) is 0 Å². The van der Waals surface area contributed by atoms with E-state index in [2.05, 4.69) is 33.4 Å². The second-order valence-corrected chi connectivity index (χ2v) is 9.31. The van der Waals surface area contributed by atoms with Gasteiger partial charge in [-0.05, 0) is 55.1 Å². The molecule has 5 nitrogen and oxygen atoms in total. The second-order valence-electron chi connectivity index (χ2n) is 8.40. The number of rotatable bonds is 11. The van der Waals surface area contributed by atoms with Gasteiger partial charge in [0, 0.05) is 27.7 Å². The third-order valence-corrected chi connectivity index (χ3v) is 5.93. The Labute approximate surface area is 215 Å². The summed E-state index contributed by atoms with van der Waals surface area (Å²) < 4.78 is 24.2. The van der Waals surface area contributed by atoms with Crippen LogP contribution in [0, 0.1) is 0 Å². The molecule has 6 heteroatoms. The predicted molar refractivity (Wildman–Crippen MR) is 144 cm³/mol. The number of ether oxygens (including phenoxy) is 4. The number of nitrogens with one attached hydrogen (secondary N) is 1. The Morgan fingerprint density at radius 3 is 2.46 bits per heavy atom. The minimum absolute atomic E-state index is 0.0650. The number of hydrogen-bond acceptors (Lipinski definition) is 5. The molecule has 182 valence electrons. The van der Waals surface area contributed by atoms with Crippen LogP contribution >= 0.6 is 15.9 Å². The molecule has 4 aromatic rings. The maximum absolute atomic E-state index is 5.98. The first kappa shape index (κ1) is 24.9. The Bertz CT molecular complexity index is 1260. The zero-order valence-corrected chi connectivity index (χ0v) is 21.8. The van der Waals surface area contributed by atoms with E-state index >= 15 is 0 Å². The number of halogens is 1. The van der Waals surface area contributed by atoms with E-state index in [-0.39, 0.29) is 12.9 Å². The van der Waals surface area contributed by atoms with E-state index in [9.17, 15) is 0 Å². The van der Waals surface area contributed by atoms with Gasteiger partial charge in [-0.2, -0.15) is 0 Å². The van der Waals surface area contributed by atoms with Crippen LogP contribution in [0.2, 0.25) is 0 Å². The van der Waals surface area contributed by atoms with Crippen molar-refractivity contribution in [1.82, 2.24) is 0 Å². The van der Waals surface area contributed by atoms with Crippen LogP contribution in [-0.2, 0) is 17.9 Å². The largest absolute Gasteiger partial charge is 0.493 e. The monoisotopic (exact) mass is 535 g/mol. The first-order valence-corrected chi connectivity index (χ1v) is 12.4. The molecule has 0 heterocycles. The SMILES string of the molecule is COc1cc2c(NCc3ccc(Br)cc3OCOCc3ccccc3)cccc2cc1OC(C)C. The van der Waals surface area contributed by atoms with E-state index in [1.165, 1.54) is 0 Å². The van der Waals surface area contributed by atoms with E-state index in [0.29, 0.717) is 18.9 Å². The number of hydrogen-bond donors (Lipinski definition) is 1. The van der Waals surface area contributed by atoms with Crippen molar-refractivity contribution in [2.45, 2.75) is 33.1 Å². The van der Waals surface area contributed by atoms with Crippen molar-refractivity contribution >= 4 is 32.4 Å². The summed E-state index contributed by atoms with van der Waals surface area (Å²) in [5.74, 6) is 2.22. The van der Waals surface area contributed by atoms with Crippen LogP contribution in [0.25, 0.3) is 10.8 Å². The molecule has 0 spiro atoms. The van der Waals surface area contributed by atoms with Crippen LogP contribution in [0.15, 0.2) is 83.3 Å². The zero-order chi connectivity index (χ0) is 24.6. The van der Waals surface area contributed by atoms with Gasteiger partial charge in [-0.25, -0.2) is 0 Å². The number of fused-ring (bicyclic) bond motifs is 1. The molecule has 0 aliphatic heterocycles. The summed E-state index contributed by atoms with van der Waals surface area (Å²) in [5.41, 5.74) is 3.15. The van der Waals surface area contributed by atoms with Gasteiger partial charge in [0.1, 0.15) is 5.75 Å². The smallest absolute Gasteiger partial charge is 0.189 e. The molecule has 1 N–H and O–H groups in total. The number of methoxy groups -OCH3 is 1. The van der Waals surface area contributed by atoms with Crippen LogP contribution in [0.5, 0.6) is 17.2 Å². The van der Waals surface area contributed by atoms with E-state index in [4.69, 9.17) is 18.9 Å². The molecule has 0 aliphatic carbocycles. The van der Waals surface area contributed by atoms with Crippen molar-refractivity contribution < 1.29 is 18.9 Å². The lowest BCUT2D eigenvalue weighted by Crippen LogP contribution is -2.08. The van der Waals surface area contributed by atoms with Gasteiger partial charge >= 0.3 is 0 Å². The van der Waals surface area contributed by atoms with Crippen molar-refractivity contribution in [2.75, 3.05) is 19.2 Å². The van der Waals surface area contributed by atoms with Gasteiger partial charge in [-0.1, -0.05) is 64.5 Å². The quantitative estimate of drug-likeness (QED) is 0.158. The molecule has 0 saturated carbocycles. The zero-order valence-electron chi connectivity index (χ0n) is 20.2. The summed E-state index contributed by atoms with van der Waals surface area (Å²) in [6, 6.07) is 26.3. The molecule has 0 bridgehead atoms. The Morgan fingerprint density at radius 2 is 1.69 bits per heavy atom. The van der Waals surface area contributed by atoms with E-state index in [0.717, 1.165) is 43.6 Å². The van der Waals surface area contributed by atoms with Gasteiger partial charge in [0.15, 0.2) is 18.3 Å². The third kappa shape index (κ3) is 6.68. The van der Waals surface area contributed by atoms with Crippen LogP contribution in [0.4, 0.5) is 5.69 Å². The maximum atomic E-state index is 5.98. The lowest BCUT2D eigenvalue weighted by atomic mass is 10.1. The first-order valence-electron chi connectivity index (χ1n) is 11.6.